The highest BCUT2D eigenvalue weighted by Crippen LogP contribution is 2.44. The Bertz CT molecular complexity index is 1320. The van der Waals surface area contributed by atoms with Crippen molar-refractivity contribution in [2.24, 2.45) is 5.41 Å². The lowest BCUT2D eigenvalue weighted by atomic mass is 9.73. The molecule has 5 heterocycles. The number of rotatable bonds is 3. The Kier molecular flexibility index (Phi) is 5.08. The van der Waals surface area contributed by atoms with Crippen LogP contribution in [-0.4, -0.2) is 67.5 Å². The smallest absolute Gasteiger partial charge is 0.339 e. The predicted octanol–water partition coefficient (Wildman–Crippen LogP) is 4.00. The highest BCUT2D eigenvalue weighted by Gasteiger charge is 2.55. The van der Waals surface area contributed by atoms with E-state index >= 15 is 0 Å². The lowest BCUT2D eigenvalue weighted by Crippen LogP contribution is -2.73. The molecule has 0 amide bonds. The summed E-state index contributed by atoms with van der Waals surface area (Å²) in [5.74, 6) is 1.87. The molecule has 0 aliphatic carbocycles. The SMILES string of the molecule is Cc1ccnc(N2CC3(C2)CN(c2nnc4n2-c2ccc(Cl)cc2CN(C(C)(C)C(F)(F)F)C4)C3)n1. The van der Waals surface area contributed by atoms with Crippen molar-refractivity contribution in [3.63, 3.8) is 0 Å². The van der Waals surface area contributed by atoms with Crippen LogP contribution in [0.2, 0.25) is 5.02 Å². The highest BCUT2D eigenvalue weighted by atomic mass is 35.5. The minimum absolute atomic E-state index is 0.0171. The molecule has 36 heavy (non-hydrogen) atoms. The molecular weight excluding hydrogens is 493 g/mol. The van der Waals surface area contributed by atoms with Gasteiger partial charge in [0, 0.05) is 55.1 Å². The summed E-state index contributed by atoms with van der Waals surface area (Å²) in [6, 6.07) is 7.21. The van der Waals surface area contributed by atoms with Gasteiger partial charge in [-0.15, -0.1) is 10.2 Å². The topological polar surface area (TPSA) is 66.2 Å². The second kappa shape index (κ2) is 7.79. The van der Waals surface area contributed by atoms with E-state index in [1.807, 2.05) is 23.6 Å². The molecule has 12 heteroatoms. The molecule has 2 saturated heterocycles. The predicted molar refractivity (Wildman–Crippen MR) is 129 cm³/mol. The first-order chi connectivity index (χ1) is 17.0. The third-order valence-electron chi connectivity index (χ3n) is 7.63. The zero-order valence-corrected chi connectivity index (χ0v) is 21.0. The Morgan fingerprint density at radius 3 is 2.39 bits per heavy atom. The van der Waals surface area contributed by atoms with Crippen molar-refractivity contribution in [2.45, 2.75) is 45.6 Å². The number of hydrogen-bond donors (Lipinski definition) is 0. The van der Waals surface area contributed by atoms with Crippen molar-refractivity contribution in [1.29, 1.82) is 0 Å². The third kappa shape index (κ3) is 3.62. The molecule has 2 aromatic heterocycles. The minimum atomic E-state index is -4.41. The van der Waals surface area contributed by atoms with Gasteiger partial charge in [-0.3, -0.25) is 9.47 Å². The van der Waals surface area contributed by atoms with Crippen LogP contribution in [0.5, 0.6) is 0 Å². The second-order valence-corrected chi connectivity index (χ2v) is 11.1. The van der Waals surface area contributed by atoms with E-state index in [0.717, 1.165) is 43.5 Å². The molecule has 1 aromatic carbocycles. The summed E-state index contributed by atoms with van der Waals surface area (Å²) in [5, 5.41) is 9.26. The van der Waals surface area contributed by atoms with E-state index in [1.54, 1.807) is 18.3 Å². The lowest BCUT2D eigenvalue weighted by Gasteiger charge is -2.60. The van der Waals surface area contributed by atoms with Crippen molar-refractivity contribution >= 4 is 23.5 Å². The van der Waals surface area contributed by atoms with E-state index in [0.29, 0.717) is 22.4 Å². The monoisotopic (exact) mass is 518 g/mol. The van der Waals surface area contributed by atoms with Gasteiger partial charge >= 0.3 is 6.18 Å². The highest BCUT2D eigenvalue weighted by molar-refractivity contribution is 6.30. The number of anilines is 2. The summed E-state index contributed by atoms with van der Waals surface area (Å²) in [7, 11) is 0. The first-order valence-electron chi connectivity index (χ1n) is 11.8. The summed E-state index contributed by atoms with van der Waals surface area (Å²) in [5.41, 5.74) is 0.476. The van der Waals surface area contributed by atoms with Gasteiger partial charge in [-0.25, -0.2) is 9.97 Å². The maximum Gasteiger partial charge on any atom is 0.406 e. The summed E-state index contributed by atoms with van der Waals surface area (Å²) < 4.78 is 43.8. The first-order valence-corrected chi connectivity index (χ1v) is 12.2. The Morgan fingerprint density at radius 1 is 0.972 bits per heavy atom. The lowest BCUT2D eigenvalue weighted by molar-refractivity contribution is -0.224. The molecule has 0 N–H and O–H groups in total. The van der Waals surface area contributed by atoms with Gasteiger partial charge in [0.25, 0.3) is 0 Å². The number of fused-ring (bicyclic) bond motifs is 3. The maximum atomic E-state index is 14.0. The summed E-state index contributed by atoms with van der Waals surface area (Å²) in [6.45, 7) is 7.74. The average molecular weight is 519 g/mol. The Balaban J connectivity index is 1.27. The first kappa shape index (κ1) is 23.5. The molecule has 2 fully saturated rings. The molecule has 3 aliphatic rings. The Labute approximate surface area is 211 Å². The molecule has 0 bridgehead atoms. The van der Waals surface area contributed by atoms with Gasteiger partial charge in [0.05, 0.1) is 12.2 Å². The van der Waals surface area contributed by atoms with Gasteiger partial charge in [0.1, 0.15) is 5.54 Å². The van der Waals surface area contributed by atoms with Crippen molar-refractivity contribution in [3.05, 3.63) is 52.6 Å². The van der Waals surface area contributed by atoms with Gasteiger partial charge in [-0.05, 0) is 50.6 Å². The maximum absolute atomic E-state index is 14.0. The number of alkyl halides is 3. The largest absolute Gasteiger partial charge is 0.406 e. The molecule has 3 aliphatic heterocycles. The fourth-order valence-corrected chi connectivity index (χ4v) is 5.56. The van der Waals surface area contributed by atoms with Crippen molar-refractivity contribution in [1.82, 2.24) is 29.6 Å². The Morgan fingerprint density at radius 2 is 1.69 bits per heavy atom. The number of hydrogen-bond acceptors (Lipinski definition) is 7. The van der Waals surface area contributed by atoms with Crippen molar-refractivity contribution < 1.29 is 13.2 Å². The summed E-state index contributed by atoms with van der Waals surface area (Å²) in [4.78, 5) is 14.6. The van der Waals surface area contributed by atoms with Crippen LogP contribution in [0, 0.1) is 12.3 Å². The van der Waals surface area contributed by atoms with Crippen LogP contribution in [0.3, 0.4) is 0 Å². The third-order valence-corrected chi connectivity index (χ3v) is 7.86. The Hall–Kier alpha value is -2.92. The van der Waals surface area contributed by atoms with Crippen molar-refractivity contribution in [2.75, 3.05) is 36.0 Å². The molecular formula is C24H26ClF3N8. The van der Waals surface area contributed by atoms with Gasteiger partial charge in [0.15, 0.2) is 5.82 Å². The van der Waals surface area contributed by atoms with Crippen LogP contribution in [-0.2, 0) is 13.1 Å². The number of aromatic nitrogens is 5. The van der Waals surface area contributed by atoms with Gasteiger partial charge < -0.3 is 9.80 Å². The van der Waals surface area contributed by atoms with E-state index in [1.165, 1.54) is 18.7 Å². The number of nitrogens with zero attached hydrogens (tertiary/aromatic N) is 8. The normalized spacial score (nSPS) is 19.4. The fraction of sp³-hybridized carbons (Fsp3) is 0.500. The van der Waals surface area contributed by atoms with E-state index < -0.39 is 11.7 Å². The van der Waals surface area contributed by atoms with Gasteiger partial charge in [-0.2, -0.15) is 13.2 Å². The second-order valence-electron chi connectivity index (χ2n) is 10.6. The summed E-state index contributed by atoms with van der Waals surface area (Å²) in [6.07, 6.45) is -2.64. The number of halogens is 4. The molecule has 3 aromatic rings. The minimum Gasteiger partial charge on any atom is -0.339 e. The average Bonchev–Trinajstić information content (AvgIpc) is 3.06. The van der Waals surface area contributed by atoms with Crippen LogP contribution in [0.25, 0.3) is 5.69 Å². The van der Waals surface area contributed by atoms with Gasteiger partial charge in [-0.1, -0.05) is 11.6 Å². The molecule has 6 rings (SSSR count). The van der Waals surface area contributed by atoms with Crippen molar-refractivity contribution in [3.8, 4) is 5.69 Å². The molecule has 1 spiro atoms. The molecule has 190 valence electrons. The quantitative estimate of drug-likeness (QED) is 0.519. The fourth-order valence-electron chi connectivity index (χ4n) is 5.36. The molecule has 0 atom stereocenters. The van der Waals surface area contributed by atoms with Gasteiger partial charge in [0.2, 0.25) is 11.9 Å². The standard InChI is InChI=1S/C24H26ClF3N8/c1-15-6-7-29-20(30-15)33-11-23(12-33)13-34(14-23)21-32-31-19-10-35(22(2,3)24(26,27)28)9-16-8-17(25)4-5-18(16)36(19)21/h4-8H,9-14H2,1-3H3. The molecule has 0 radical (unpaired) electrons. The molecule has 8 nitrogen and oxygen atoms in total. The van der Waals surface area contributed by atoms with Crippen LogP contribution in [0.1, 0.15) is 30.9 Å². The van der Waals surface area contributed by atoms with Crippen LogP contribution >= 0.6 is 11.6 Å². The van der Waals surface area contributed by atoms with Crippen LogP contribution in [0.4, 0.5) is 25.1 Å². The van der Waals surface area contributed by atoms with E-state index in [4.69, 9.17) is 11.6 Å². The zero-order valence-electron chi connectivity index (χ0n) is 20.2. The van der Waals surface area contributed by atoms with E-state index in [9.17, 15) is 13.2 Å². The zero-order chi connectivity index (χ0) is 25.5. The van der Waals surface area contributed by atoms with E-state index in [-0.39, 0.29) is 18.5 Å². The molecule has 0 saturated carbocycles. The number of benzene rings is 1. The molecule has 0 unspecified atom stereocenters. The van der Waals surface area contributed by atoms with Crippen LogP contribution in [0.15, 0.2) is 30.5 Å². The number of aryl methyl sites for hydroxylation is 1. The van der Waals surface area contributed by atoms with E-state index in [2.05, 4.69) is 30.0 Å². The summed E-state index contributed by atoms with van der Waals surface area (Å²) >= 11 is 6.25. The van der Waals surface area contributed by atoms with Crippen LogP contribution < -0.4 is 9.80 Å².